The molecule has 2 aromatic heterocycles. The van der Waals surface area contributed by atoms with Crippen LogP contribution in [0, 0.1) is 0 Å². The van der Waals surface area contributed by atoms with Gasteiger partial charge in [0, 0.05) is 35.3 Å². The van der Waals surface area contributed by atoms with Crippen molar-refractivity contribution in [3.63, 3.8) is 0 Å². The number of halogens is 1. The Balaban J connectivity index is 1.40. The Morgan fingerprint density at radius 1 is 0.944 bits per heavy atom. The maximum Gasteiger partial charge on any atom is 0.267 e. The molecule has 6 rings (SSSR count). The summed E-state index contributed by atoms with van der Waals surface area (Å²) in [6.45, 7) is 2.69. The van der Waals surface area contributed by atoms with E-state index in [4.69, 9.17) is 16.6 Å². The summed E-state index contributed by atoms with van der Waals surface area (Å²) in [5, 5.41) is 2.20. The van der Waals surface area contributed by atoms with E-state index in [0.717, 1.165) is 52.5 Å². The van der Waals surface area contributed by atoms with Crippen LogP contribution >= 0.6 is 34.7 Å². The second kappa shape index (κ2) is 10.2. The highest BCUT2D eigenvalue weighted by Gasteiger charge is 2.26. The van der Waals surface area contributed by atoms with Gasteiger partial charge < -0.3 is 0 Å². The van der Waals surface area contributed by atoms with Crippen molar-refractivity contribution in [3.05, 3.63) is 122 Å². The number of rotatable bonds is 6. The predicted octanol–water partition coefficient (Wildman–Crippen LogP) is 6.95. The normalized spacial score (nSPS) is 13.7. The van der Waals surface area contributed by atoms with E-state index in [9.17, 15) is 4.79 Å². The average molecular weight is 530 g/mol. The molecule has 1 aliphatic heterocycles. The first-order valence-corrected chi connectivity index (χ1v) is 14.1. The molecule has 0 N–H and O–H groups in total. The van der Waals surface area contributed by atoms with Crippen LogP contribution in [0.15, 0.2) is 94.9 Å². The van der Waals surface area contributed by atoms with Gasteiger partial charge in [0.05, 0.1) is 11.1 Å². The van der Waals surface area contributed by atoms with Gasteiger partial charge in [0.15, 0.2) is 5.16 Å². The van der Waals surface area contributed by atoms with Gasteiger partial charge in [-0.15, -0.1) is 11.3 Å². The summed E-state index contributed by atoms with van der Waals surface area (Å²) in [5.41, 5.74) is 4.36. The molecule has 36 heavy (non-hydrogen) atoms. The maximum atomic E-state index is 14.0. The summed E-state index contributed by atoms with van der Waals surface area (Å²) in [6.07, 6.45) is 0.861. The fourth-order valence-electron chi connectivity index (χ4n) is 4.71. The van der Waals surface area contributed by atoms with Crippen LogP contribution in [-0.4, -0.2) is 21.0 Å². The predicted molar refractivity (Wildman–Crippen MR) is 150 cm³/mol. The van der Waals surface area contributed by atoms with Gasteiger partial charge in [0.1, 0.15) is 4.83 Å². The lowest BCUT2D eigenvalue weighted by Gasteiger charge is -2.26. The molecule has 0 radical (unpaired) electrons. The summed E-state index contributed by atoms with van der Waals surface area (Å²) in [5.74, 6) is 0.639. The quantitative estimate of drug-likeness (QED) is 0.176. The van der Waals surface area contributed by atoms with Crippen molar-refractivity contribution in [1.82, 2.24) is 14.5 Å². The maximum absolute atomic E-state index is 14.0. The molecule has 4 nitrogen and oxygen atoms in total. The number of nitrogens with zero attached hydrogens (tertiary/aromatic N) is 3. The zero-order chi connectivity index (χ0) is 24.5. The summed E-state index contributed by atoms with van der Waals surface area (Å²) in [4.78, 5) is 23.6. The number of hydrogen-bond acceptors (Lipinski definition) is 5. The Labute approximate surface area is 223 Å². The topological polar surface area (TPSA) is 38.1 Å². The van der Waals surface area contributed by atoms with Crippen molar-refractivity contribution in [2.24, 2.45) is 0 Å². The Morgan fingerprint density at radius 2 is 1.67 bits per heavy atom. The highest BCUT2D eigenvalue weighted by molar-refractivity contribution is 7.98. The lowest BCUT2D eigenvalue weighted by atomic mass is 10.0. The van der Waals surface area contributed by atoms with Crippen LogP contribution < -0.4 is 5.56 Å². The van der Waals surface area contributed by atoms with E-state index in [1.54, 1.807) is 27.7 Å². The lowest BCUT2D eigenvalue weighted by Crippen LogP contribution is -2.30. The van der Waals surface area contributed by atoms with E-state index in [2.05, 4.69) is 35.2 Å². The molecule has 0 unspecified atom stereocenters. The zero-order valence-electron chi connectivity index (χ0n) is 19.6. The number of hydrogen-bond donors (Lipinski definition) is 0. The molecule has 1 aliphatic rings. The monoisotopic (exact) mass is 529 g/mol. The molecule has 0 saturated heterocycles. The van der Waals surface area contributed by atoms with E-state index in [-0.39, 0.29) is 5.56 Å². The van der Waals surface area contributed by atoms with Crippen molar-refractivity contribution in [2.45, 2.75) is 30.4 Å². The molecule has 0 atom stereocenters. The highest BCUT2D eigenvalue weighted by Crippen LogP contribution is 2.35. The first kappa shape index (κ1) is 23.5. The van der Waals surface area contributed by atoms with Gasteiger partial charge in [-0.05, 0) is 41.3 Å². The van der Waals surface area contributed by atoms with E-state index in [0.29, 0.717) is 10.9 Å². The minimum atomic E-state index is 0.0156. The fraction of sp³-hybridized carbons (Fsp3) is 0.172. The van der Waals surface area contributed by atoms with Gasteiger partial charge >= 0.3 is 0 Å². The van der Waals surface area contributed by atoms with Crippen LogP contribution in [0.4, 0.5) is 0 Å². The summed E-state index contributed by atoms with van der Waals surface area (Å²) in [7, 11) is 0. The van der Waals surface area contributed by atoms with Crippen molar-refractivity contribution in [2.75, 3.05) is 6.54 Å². The molecule has 0 bridgehead atoms. The molecule has 7 heteroatoms. The zero-order valence-corrected chi connectivity index (χ0v) is 22.0. The van der Waals surface area contributed by atoms with Crippen LogP contribution in [0.5, 0.6) is 0 Å². The summed E-state index contributed by atoms with van der Waals surface area (Å²) >= 11 is 9.62. The molecule has 3 aromatic carbocycles. The van der Waals surface area contributed by atoms with Crippen molar-refractivity contribution >= 4 is 44.9 Å². The highest BCUT2D eigenvalue weighted by atomic mass is 35.5. The number of benzene rings is 3. The van der Waals surface area contributed by atoms with Gasteiger partial charge in [-0.3, -0.25) is 14.3 Å². The van der Waals surface area contributed by atoms with E-state index < -0.39 is 0 Å². The van der Waals surface area contributed by atoms with E-state index in [1.807, 2.05) is 54.6 Å². The fourth-order valence-corrected chi connectivity index (χ4v) is 7.31. The SMILES string of the molecule is O=c1c2c3c(sc2nc(SCc2ccccc2Cl)n1-c1ccccc1)CN(Cc1ccccc1)CC3. The van der Waals surface area contributed by atoms with Gasteiger partial charge in [-0.1, -0.05) is 90.1 Å². The van der Waals surface area contributed by atoms with E-state index >= 15 is 0 Å². The third kappa shape index (κ3) is 4.62. The molecule has 0 aliphatic carbocycles. The molecular weight excluding hydrogens is 506 g/mol. The molecule has 0 saturated carbocycles. The number of aromatic nitrogens is 2. The van der Waals surface area contributed by atoms with Gasteiger partial charge in [0.2, 0.25) is 0 Å². The third-order valence-corrected chi connectivity index (χ3v) is 8.97. The van der Waals surface area contributed by atoms with E-state index in [1.165, 1.54) is 16.0 Å². The third-order valence-electron chi connectivity index (χ3n) is 6.50. The standard InChI is InChI=1S/C29H24ClN3OS2/c30-24-14-8-7-11-21(24)19-35-29-31-27-26(28(34)33(29)22-12-5-2-6-13-22)23-15-16-32(18-25(23)36-27)17-20-9-3-1-4-10-20/h1-14H,15-19H2. The summed E-state index contributed by atoms with van der Waals surface area (Å²) in [6, 6.07) is 28.2. The number of fused-ring (bicyclic) bond motifs is 3. The van der Waals surface area contributed by atoms with Crippen molar-refractivity contribution in [3.8, 4) is 5.69 Å². The molecular formula is C29H24ClN3OS2. The molecule has 0 fully saturated rings. The van der Waals surface area contributed by atoms with Crippen molar-refractivity contribution < 1.29 is 0 Å². The lowest BCUT2D eigenvalue weighted by molar-refractivity contribution is 0.249. The largest absolute Gasteiger partial charge is 0.294 e. The second-order valence-corrected chi connectivity index (χ2v) is 11.3. The Bertz CT molecular complexity index is 1580. The first-order valence-electron chi connectivity index (χ1n) is 11.9. The molecule has 0 spiro atoms. The first-order chi connectivity index (χ1) is 17.7. The van der Waals surface area contributed by atoms with Gasteiger partial charge in [-0.2, -0.15) is 0 Å². The number of para-hydroxylation sites is 1. The summed E-state index contributed by atoms with van der Waals surface area (Å²) < 4.78 is 1.77. The van der Waals surface area contributed by atoms with Crippen molar-refractivity contribution in [1.29, 1.82) is 0 Å². The van der Waals surface area contributed by atoms with Crippen LogP contribution in [0.1, 0.15) is 21.6 Å². The number of thiophene rings is 1. The Morgan fingerprint density at radius 3 is 2.44 bits per heavy atom. The van der Waals surface area contributed by atoms with Gasteiger partial charge in [0.25, 0.3) is 5.56 Å². The van der Waals surface area contributed by atoms with Gasteiger partial charge in [-0.25, -0.2) is 4.98 Å². The minimum Gasteiger partial charge on any atom is -0.294 e. The smallest absolute Gasteiger partial charge is 0.267 e. The van der Waals surface area contributed by atoms with Crippen LogP contribution in [0.3, 0.4) is 0 Å². The Hall–Kier alpha value is -2.90. The second-order valence-electron chi connectivity index (χ2n) is 8.88. The van der Waals surface area contributed by atoms with Crippen LogP contribution in [0.2, 0.25) is 5.02 Å². The number of thioether (sulfide) groups is 1. The van der Waals surface area contributed by atoms with Crippen LogP contribution in [0.25, 0.3) is 15.9 Å². The average Bonchev–Trinajstić information content (AvgIpc) is 3.27. The van der Waals surface area contributed by atoms with Crippen LogP contribution in [-0.2, 0) is 25.3 Å². The molecule has 0 amide bonds. The molecule has 180 valence electrons. The Kier molecular flexibility index (Phi) is 6.67. The molecule has 5 aromatic rings. The minimum absolute atomic E-state index is 0.0156. The molecule has 3 heterocycles.